The molecule has 4 aromatic heterocycles. The third kappa shape index (κ3) is 10.9. The van der Waals surface area contributed by atoms with Crippen LogP contribution in [0.3, 0.4) is 0 Å². The zero-order valence-electron chi connectivity index (χ0n) is 49.6. The minimum Gasteiger partial charge on any atom is -0.481 e. The van der Waals surface area contributed by atoms with E-state index in [4.69, 9.17) is 20.0 Å². The number of rotatable bonds is 16. The number of hydrogen-bond donors (Lipinski definition) is 11. The van der Waals surface area contributed by atoms with Gasteiger partial charge in [-0.15, -0.1) is 0 Å². The Kier molecular flexibility index (Phi) is 15.9. The van der Waals surface area contributed by atoms with Crippen LogP contribution >= 0.6 is 0 Å². The number of fused-ring (bicyclic) bond motifs is 14. The molecule has 0 saturated carbocycles. The zero-order chi connectivity index (χ0) is 61.4. The number of allylic oxidation sites excluding steroid dienone is 6. The van der Waals surface area contributed by atoms with E-state index in [0.29, 0.717) is 140 Å². The number of aliphatic imine (C=N–C) groups is 2. The van der Waals surface area contributed by atoms with Crippen molar-refractivity contribution in [1.29, 1.82) is 0 Å². The van der Waals surface area contributed by atoms with Gasteiger partial charge in [0.25, 0.3) is 0 Å². The van der Waals surface area contributed by atoms with E-state index >= 15 is 0 Å². The number of aliphatic hydroxyl groups is 3. The lowest BCUT2D eigenvalue weighted by molar-refractivity contribution is -0.138. The van der Waals surface area contributed by atoms with E-state index in [1.54, 1.807) is 20.8 Å². The molecule has 0 radical (unpaired) electrons. The van der Waals surface area contributed by atoms with E-state index in [1.807, 2.05) is 104 Å². The van der Waals surface area contributed by atoms with Crippen LogP contribution in [0.1, 0.15) is 156 Å². The maximum Gasteiger partial charge on any atom is 0.303 e. The molecule has 4 aromatic rings. The largest absolute Gasteiger partial charge is 0.481 e. The summed E-state index contributed by atoms with van der Waals surface area (Å²) < 4.78 is 0. The van der Waals surface area contributed by atoms with E-state index in [0.717, 1.165) is 27.8 Å². The molecule has 0 aromatic carbocycles. The minimum absolute atomic E-state index is 0.103. The van der Waals surface area contributed by atoms with Gasteiger partial charge in [0.1, 0.15) is 0 Å². The number of aryl methyl sites for hydroxylation is 3. The summed E-state index contributed by atoms with van der Waals surface area (Å²) in [5.74, 6) is -3.96. The molecule has 19 nitrogen and oxygen atoms in total. The Morgan fingerprint density at radius 1 is 0.529 bits per heavy atom. The number of carboxylic acids is 4. The van der Waals surface area contributed by atoms with Gasteiger partial charge in [0, 0.05) is 75.2 Å². The molecule has 0 aliphatic carbocycles. The van der Waals surface area contributed by atoms with Crippen molar-refractivity contribution in [2.45, 2.75) is 157 Å². The summed E-state index contributed by atoms with van der Waals surface area (Å²) in [5.41, 5.74) is 16.2. The molecule has 0 amide bonds. The quantitative estimate of drug-likeness (QED) is 0.0468. The molecule has 6 aliphatic heterocycles. The third-order valence-electron chi connectivity index (χ3n) is 17.7. The topological polar surface area (TPSA) is 320 Å². The maximum atomic E-state index is 12.4. The van der Waals surface area contributed by atoms with Gasteiger partial charge in [0.15, 0.2) is 0 Å². The van der Waals surface area contributed by atoms with Gasteiger partial charge in [-0.1, -0.05) is 0 Å². The number of carboxylic acid groups (broad SMARTS) is 4. The Morgan fingerprint density at radius 3 is 1.71 bits per heavy atom. The summed E-state index contributed by atoms with van der Waals surface area (Å²) in [4.78, 5) is 80.8. The molecule has 6 aliphatic rings. The van der Waals surface area contributed by atoms with Gasteiger partial charge in [-0.2, -0.15) is 0 Å². The fraction of sp³-hybridized carbons (Fsp3) is 0.364. The lowest BCUT2D eigenvalue weighted by atomic mass is 9.78. The molecule has 85 heavy (non-hydrogen) atoms. The number of carbonyl (C=O) groups is 4. The van der Waals surface area contributed by atoms with Crippen molar-refractivity contribution in [3.63, 3.8) is 0 Å². The van der Waals surface area contributed by atoms with Crippen molar-refractivity contribution in [1.82, 2.24) is 30.2 Å². The normalized spacial score (nSPS) is 19.7. The van der Waals surface area contributed by atoms with E-state index in [9.17, 15) is 54.9 Å². The summed E-state index contributed by atoms with van der Waals surface area (Å²) in [6.45, 7) is 20.4. The highest BCUT2D eigenvalue weighted by Crippen LogP contribution is 2.50. The van der Waals surface area contributed by atoms with Crippen molar-refractivity contribution in [3.05, 3.63) is 148 Å². The van der Waals surface area contributed by atoms with Gasteiger partial charge in [-0.3, -0.25) is 24.5 Å². The first-order valence-corrected chi connectivity index (χ1v) is 28.7. The molecule has 0 spiro atoms. The fourth-order valence-corrected chi connectivity index (χ4v) is 13.3. The Bertz CT molecular complexity index is 4250. The van der Waals surface area contributed by atoms with Gasteiger partial charge >= 0.3 is 23.9 Å². The first kappa shape index (κ1) is 59.5. The van der Waals surface area contributed by atoms with Gasteiger partial charge < -0.3 is 50.7 Å². The monoisotopic (exact) mass is 1150 g/mol. The van der Waals surface area contributed by atoms with Crippen molar-refractivity contribution in [2.24, 2.45) is 9.98 Å². The number of aliphatic hydroxyl groups excluding tert-OH is 3. The molecule has 0 saturated heterocycles. The zero-order valence-corrected chi connectivity index (χ0v) is 49.6. The molecule has 442 valence electrons. The summed E-state index contributed by atoms with van der Waals surface area (Å²) in [5, 5.41) is 80.5. The second kappa shape index (κ2) is 22.8. The van der Waals surface area contributed by atoms with Gasteiger partial charge in [-0.25, -0.2) is 20.0 Å². The first-order valence-electron chi connectivity index (χ1n) is 28.7. The Morgan fingerprint density at radius 2 is 1.07 bits per heavy atom. The Hall–Kier alpha value is -8.62. The van der Waals surface area contributed by atoms with E-state index in [1.165, 1.54) is 0 Å². The summed E-state index contributed by atoms with van der Waals surface area (Å²) in [6, 6.07) is 6.81. The highest BCUT2D eigenvalue weighted by molar-refractivity contribution is 6.25. The number of nitrogens with one attached hydrogen (secondary N) is 4. The van der Waals surface area contributed by atoms with Crippen LogP contribution in [0.15, 0.2) is 91.2 Å². The van der Waals surface area contributed by atoms with Crippen molar-refractivity contribution < 1.29 is 54.9 Å². The van der Waals surface area contributed by atoms with Gasteiger partial charge in [0.2, 0.25) is 0 Å². The molecule has 10 heterocycles. The second-order valence-corrected chi connectivity index (χ2v) is 23.2. The van der Waals surface area contributed by atoms with Gasteiger partial charge in [-0.05, 0) is 223 Å². The molecule has 16 bridgehead atoms. The number of aromatic nitrogens is 5. The molecule has 19 heteroatoms. The fourth-order valence-electron chi connectivity index (χ4n) is 13.3. The van der Waals surface area contributed by atoms with E-state index in [-0.39, 0.29) is 51.4 Å². The average Bonchev–Trinajstić information content (AvgIpc) is 1.60. The Labute approximate surface area is 490 Å². The van der Waals surface area contributed by atoms with Crippen LogP contribution in [0, 0.1) is 20.8 Å². The molecular weight excluding hydrogens is 1080 g/mol. The van der Waals surface area contributed by atoms with Crippen molar-refractivity contribution in [2.75, 3.05) is 0 Å². The smallest absolute Gasteiger partial charge is 0.303 e. The van der Waals surface area contributed by atoms with Crippen molar-refractivity contribution >= 4 is 91.8 Å². The molecule has 5 atom stereocenters. The SMILES string of the molecule is CC1=C(CCC(=O)O)C2=NC1=CC1(C3=C(C)c4cc5[nH]c(cc6nc(cc7[nH]c(cc3n4)c(C)c7CCC(=O)O)C(CCC(=O)O)=C6C)c(C)c5C(C)O)NC(C=C3N=C(C=c4[nH]c(c(CCC(=O)O)c4C)=C2)C(C(C)O)=C3C)C(C(C)O)=C1C. The van der Waals surface area contributed by atoms with Crippen LogP contribution in [0.4, 0.5) is 0 Å². The van der Waals surface area contributed by atoms with Crippen LogP contribution < -0.4 is 16.0 Å². The van der Waals surface area contributed by atoms with E-state index in [2.05, 4.69) is 20.3 Å². The number of aliphatic carboxylic acids is 4. The van der Waals surface area contributed by atoms with Crippen LogP contribution in [0.25, 0.3) is 56.5 Å². The maximum absolute atomic E-state index is 12.4. The Balaban J connectivity index is 1.36. The predicted molar refractivity (Wildman–Crippen MR) is 328 cm³/mol. The number of hydrogen-bond acceptors (Lipinski definition) is 12. The second-order valence-electron chi connectivity index (χ2n) is 23.2. The number of aromatic amines is 3. The summed E-state index contributed by atoms with van der Waals surface area (Å²) in [7, 11) is 0. The highest BCUT2D eigenvalue weighted by atomic mass is 16.4. The number of H-pyrrole nitrogens is 3. The summed E-state index contributed by atoms with van der Waals surface area (Å²) >= 11 is 0. The lowest BCUT2D eigenvalue weighted by Crippen LogP contribution is -2.45. The number of nitrogens with zero attached hydrogens (tertiary/aromatic N) is 4. The van der Waals surface area contributed by atoms with Crippen LogP contribution in [0.5, 0.6) is 0 Å². The van der Waals surface area contributed by atoms with Crippen LogP contribution in [-0.2, 0) is 32.0 Å². The van der Waals surface area contributed by atoms with E-state index < -0.39 is 53.8 Å². The molecule has 11 N–H and O–H groups in total. The van der Waals surface area contributed by atoms with Crippen LogP contribution in [0.2, 0.25) is 0 Å². The highest BCUT2D eigenvalue weighted by Gasteiger charge is 2.49. The third-order valence-corrected chi connectivity index (χ3v) is 17.7. The van der Waals surface area contributed by atoms with Gasteiger partial charge in [0.05, 0.1) is 75.5 Å². The molecule has 10 rings (SSSR count). The van der Waals surface area contributed by atoms with Crippen molar-refractivity contribution in [3.8, 4) is 0 Å². The predicted octanol–water partition coefficient (Wildman–Crippen LogP) is 8.62. The standard InChI is InChI=1S/C66H72N8O11/c1-28-39(12-16-58(78)79)49-25-50-41(14-18-60(82)83)30(3)45(69-50)24-56-65(34(7)48(72-56)22-54-62(36(9)75)32(5)46(70-54)20-43(28)67-49)66-27-57-31(4)42(15-19-61(84)85)52(73-57)26-51-40(13-17-59(80)81)29(2)44(68-51)21-53-63(37(10)76)33(6)47(71-53)23-55(74-66)64(35(66)8)38(11)77/h20-27,36-38,55,68-70,74-77H,12-19H2,1-11H3,(H,78,79)(H,80,81)(H,82,83)(H,84,85). The molecular formula is C66H72N8O11. The summed E-state index contributed by atoms with van der Waals surface area (Å²) in [6.07, 6.45) is 4.52. The van der Waals surface area contributed by atoms with Crippen LogP contribution in [-0.4, -0.2) is 120 Å². The average molecular weight is 1150 g/mol. The first-order chi connectivity index (χ1) is 40.2. The minimum atomic E-state index is -1.41. The molecule has 0 fully saturated rings. The lowest BCUT2D eigenvalue weighted by Gasteiger charge is -2.33. The molecule has 5 unspecified atom stereocenters.